The number of amides is 2. The molecule has 2 amide bonds. The zero-order chi connectivity index (χ0) is 21.0. The van der Waals surface area contributed by atoms with Crippen LogP contribution >= 0.6 is 11.3 Å². The van der Waals surface area contributed by atoms with Crippen molar-refractivity contribution in [3.8, 4) is 0 Å². The van der Waals surface area contributed by atoms with Crippen LogP contribution in [0.1, 0.15) is 73.7 Å². The fourth-order valence-corrected chi connectivity index (χ4v) is 5.79. The first-order valence-corrected chi connectivity index (χ1v) is 11.3. The summed E-state index contributed by atoms with van der Waals surface area (Å²) in [7, 11) is 1.66. The highest BCUT2D eigenvalue weighted by Crippen LogP contribution is 2.44. The van der Waals surface area contributed by atoms with Crippen LogP contribution in [0.2, 0.25) is 0 Å². The van der Waals surface area contributed by atoms with Crippen LogP contribution in [0, 0.1) is 5.41 Å². The third-order valence-corrected chi connectivity index (χ3v) is 8.20. The number of aromatic nitrogens is 1. The lowest BCUT2D eigenvalue weighted by atomic mass is 9.70. The minimum atomic E-state index is -0.710. The molecule has 2 saturated heterocycles. The maximum absolute atomic E-state index is 13.4. The van der Waals surface area contributed by atoms with E-state index >= 15 is 0 Å². The maximum atomic E-state index is 13.4. The lowest BCUT2D eigenvalue weighted by Gasteiger charge is -2.45. The summed E-state index contributed by atoms with van der Waals surface area (Å²) in [6, 6.07) is 0.102. The van der Waals surface area contributed by atoms with E-state index in [9.17, 15) is 14.7 Å². The van der Waals surface area contributed by atoms with Gasteiger partial charge in [0.05, 0.1) is 18.3 Å². The van der Waals surface area contributed by atoms with Gasteiger partial charge in [0.25, 0.3) is 11.8 Å². The highest BCUT2D eigenvalue weighted by molar-refractivity contribution is 7.13. The van der Waals surface area contributed by atoms with Crippen molar-refractivity contribution in [1.29, 1.82) is 0 Å². The van der Waals surface area contributed by atoms with Crippen molar-refractivity contribution >= 4 is 23.2 Å². The molecule has 7 nitrogen and oxygen atoms in total. The van der Waals surface area contributed by atoms with Crippen molar-refractivity contribution in [2.24, 2.45) is 5.41 Å². The van der Waals surface area contributed by atoms with Crippen LogP contribution in [-0.4, -0.2) is 69.6 Å². The molecule has 0 aromatic carbocycles. The number of fused-ring (bicyclic) bond motifs is 2. The fourth-order valence-electron chi connectivity index (χ4n) is 4.98. The summed E-state index contributed by atoms with van der Waals surface area (Å²) in [5.41, 5.74) is -0.451. The van der Waals surface area contributed by atoms with E-state index in [0.717, 1.165) is 32.1 Å². The van der Waals surface area contributed by atoms with Crippen LogP contribution in [0.4, 0.5) is 0 Å². The Morgan fingerprint density at radius 3 is 2.34 bits per heavy atom. The molecule has 0 spiro atoms. The zero-order valence-electron chi connectivity index (χ0n) is 17.7. The molecule has 3 atom stereocenters. The second kappa shape index (κ2) is 7.32. The molecule has 0 radical (unpaired) electrons. The molecular weight excluding hydrogens is 390 g/mol. The number of aliphatic hydroxyl groups is 1. The average Bonchev–Trinajstić information content (AvgIpc) is 3.42. The molecule has 4 rings (SSSR count). The smallest absolute Gasteiger partial charge is 0.265 e. The van der Waals surface area contributed by atoms with E-state index in [4.69, 9.17) is 4.74 Å². The van der Waals surface area contributed by atoms with Gasteiger partial charge in [-0.1, -0.05) is 13.8 Å². The van der Waals surface area contributed by atoms with E-state index < -0.39 is 11.7 Å². The van der Waals surface area contributed by atoms with E-state index in [-0.39, 0.29) is 29.3 Å². The number of hydrogen-bond acceptors (Lipinski definition) is 6. The summed E-state index contributed by atoms with van der Waals surface area (Å²) < 4.78 is 5.82. The van der Waals surface area contributed by atoms with Gasteiger partial charge in [0.15, 0.2) is 0 Å². The van der Waals surface area contributed by atoms with Gasteiger partial charge in [-0.25, -0.2) is 4.98 Å². The first-order valence-electron chi connectivity index (χ1n) is 10.5. The van der Waals surface area contributed by atoms with Gasteiger partial charge in [-0.05, 0) is 44.4 Å². The van der Waals surface area contributed by atoms with Crippen LogP contribution in [0.25, 0.3) is 0 Å². The van der Waals surface area contributed by atoms with Crippen molar-refractivity contribution in [3.05, 3.63) is 16.1 Å². The summed E-state index contributed by atoms with van der Waals surface area (Å²) in [6.45, 7) is 7.28. The number of thiazole rings is 1. The number of carbonyl (C=O) groups is 2. The van der Waals surface area contributed by atoms with Gasteiger partial charge in [0.1, 0.15) is 21.6 Å². The van der Waals surface area contributed by atoms with Gasteiger partial charge in [-0.15, -0.1) is 11.3 Å². The van der Waals surface area contributed by atoms with Gasteiger partial charge in [-0.3, -0.25) is 9.59 Å². The van der Waals surface area contributed by atoms with Crippen molar-refractivity contribution < 1.29 is 19.4 Å². The minimum Gasteiger partial charge on any atom is -0.386 e. The molecule has 3 aliphatic rings. The van der Waals surface area contributed by atoms with Gasteiger partial charge in [-0.2, -0.15) is 0 Å². The van der Waals surface area contributed by atoms with Crippen molar-refractivity contribution in [3.63, 3.8) is 0 Å². The molecule has 1 saturated carbocycles. The predicted molar refractivity (Wildman–Crippen MR) is 110 cm³/mol. The molecule has 29 heavy (non-hydrogen) atoms. The highest BCUT2D eigenvalue weighted by atomic mass is 32.1. The topological polar surface area (TPSA) is 83.0 Å². The van der Waals surface area contributed by atoms with E-state index in [1.54, 1.807) is 20.2 Å². The van der Waals surface area contributed by atoms with Gasteiger partial charge >= 0.3 is 0 Å². The quantitative estimate of drug-likeness (QED) is 0.808. The fraction of sp³-hybridized carbons (Fsp3) is 0.762. The molecule has 1 aliphatic carbocycles. The monoisotopic (exact) mass is 421 g/mol. The van der Waals surface area contributed by atoms with Gasteiger partial charge in [0, 0.05) is 20.2 Å². The summed E-state index contributed by atoms with van der Waals surface area (Å²) in [6.07, 6.45) is 5.18. The van der Waals surface area contributed by atoms with Crippen LogP contribution in [0.3, 0.4) is 0 Å². The molecular formula is C21H31N3O4S. The van der Waals surface area contributed by atoms with Crippen molar-refractivity contribution in [2.45, 2.75) is 76.7 Å². The Kier molecular flexibility index (Phi) is 5.24. The number of nitrogens with zero attached hydrogens (tertiary/aromatic N) is 3. The number of ether oxygens (including phenoxy) is 1. The third kappa shape index (κ3) is 3.59. The lowest BCUT2D eigenvalue weighted by molar-refractivity contribution is -0.164. The molecule has 3 heterocycles. The number of piperazine rings is 1. The van der Waals surface area contributed by atoms with Crippen LogP contribution in [0.15, 0.2) is 6.20 Å². The Hall–Kier alpha value is -1.51. The Morgan fingerprint density at radius 1 is 1.21 bits per heavy atom. The molecule has 3 fully saturated rings. The maximum Gasteiger partial charge on any atom is 0.265 e. The normalized spacial score (nSPS) is 28.6. The Morgan fingerprint density at radius 2 is 1.83 bits per heavy atom. The van der Waals surface area contributed by atoms with E-state index in [2.05, 4.69) is 18.8 Å². The minimum absolute atomic E-state index is 0.0440. The molecule has 1 aromatic heterocycles. The van der Waals surface area contributed by atoms with Gasteiger partial charge < -0.3 is 19.6 Å². The van der Waals surface area contributed by atoms with Crippen LogP contribution < -0.4 is 0 Å². The first kappa shape index (κ1) is 20.8. The molecule has 2 bridgehead atoms. The molecule has 1 aromatic rings. The number of hydrogen-bond donors (Lipinski definition) is 1. The molecule has 1 unspecified atom stereocenters. The number of likely N-dealkylation sites (tertiary alicyclic amines) is 2. The van der Waals surface area contributed by atoms with Crippen LogP contribution in [-0.2, 0) is 9.53 Å². The van der Waals surface area contributed by atoms with Crippen LogP contribution in [0.5, 0.6) is 0 Å². The number of methoxy groups -OCH3 is 1. The summed E-state index contributed by atoms with van der Waals surface area (Å²) in [4.78, 5) is 34.9. The summed E-state index contributed by atoms with van der Waals surface area (Å²) in [5.74, 6) is 0.0548. The van der Waals surface area contributed by atoms with E-state index in [0.29, 0.717) is 23.0 Å². The number of carbonyl (C=O) groups excluding carboxylic acids is 2. The Bertz CT molecular complexity index is 796. The molecule has 160 valence electrons. The van der Waals surface area contributed by atoms with E-state index in [1.165, 1.54) is 11.3 Å². The largest absolute Gasteiger partial charge is 0.386 e. The van der Waals surface area contributed by atoms with Gasteiger partial charge in [0.2, 0.25) is 0 Å². The zero-order valence-corrected chi connectivity index (χ0v) is 18.5. The molecule has 2 aliphatic heterocycles. The van der Waals surface area contributed by atoms with Crippen molar-refractivity contribution in [1.82, 2.24) is 14.8 Å². The predicted octanol–water partition coefficient (Wildman–Crippen LogP) is 2.61. The summed E-state index contributed by atoms with van der Waals surface area (Å²) in [5, 5.41) is 10.2. The standard InChI is InChI=1S/C21H31N3O4S/c1-13(25)17-22-10-16(29-17)18(26)23-11-15-9-14(23)12-24(15)19(27)21(28-4)7-5-20(2,3)6-8-21/h10,13-15,25H,5-9,11-12H2,1-4H3/t13?,14-,15-/m0/s1. The number of aliphatic hydroxyl groups excluding tert-OH is 1. The third-order valence-electron chi connectivity index (χ3n) is 7.05. The Balaban J connectivity index is 1.43. The lowest BCUT2D eigenvalue weighted by Crippen LogP contribution is -2.58. The SMILES string of the molecule is COC1(C(=O)N2C[C@@H]3C[C@H]2CN3C(=O)c2cnc(C(C)O)s2)CCC(C)(C)CC1. The molecule has 1 N–H and O–H groups in total. The second-order valence-electron chi connectivity index (χ2n) is 9.56. The number of rotatable bonds is 4. The highest BCUT2D eigenvalue weighted by Gasteiger charge is 2.53. The first-order chi connectivity index (χ1) is 13.7. The Labute approximate surface area is 176 Å². The molecule has 8 heteroatoms. The average molecular weight is 422 g/mol. The van der Waals surface area contributed by atoms with E-state index in [1.807, 2.05) is 9.80 Å². The second-order valence-corrected chi connectivity index (χ2v) is 10.6. The van der Waals surface area contributed by atoms with Crippen molar-refractivity contribution in [2.75, 3.05) is 20.2 Å². The summed E-state index contributed by atoms with van der Waals surface area (Å²) >= 11 is 1.24.